The first-order valence-corrected chi connectivity index (χ1v) is 7.64. The van der Waals surface area contributed by atoms with Gasteiger partial charge in [0, 0.05) is 34.8 Å². The van der Waals surface area contributed by atoms with Crippen molar-refractivity contribution in [3.05, 3.63) is 27.7 Å². The highest BCUT2D eigenvalue weighted by Gasteiger charge is 2.30. The van der Waals surface area contributed by atoms with Gasteiger partial charge in [-0.05, 0) is 37.6 Å². The molecule has 1 N–H and O–H groups in total. The fourth-order valence-corrected chi connectivity index (χ4v) is 3.65. The van der Waals surface area contributed by atoms with E-state index in [2.05, 4.69) is 34.2 Å². The van der Waals surface area contributed by atoms with Crippen molar-refractivity contribution in [2.24, 2.45) is 5.92 Å². The van der Waals surface area contributed by atoms with Crippen LogP contribution in [0.1, 0.15) is 24.5 Å². The van der Waals surface area contributed by atoms with E-state index in [1.165, 1.54) is 5.56 Å². The number of ketones is 1. The van der Waals surface area contributed by atoms with Gasteiger partial charge in [-0.2, -0.15) is 0 Å². The molecule has 0 spiro atoms. The van der Waals surface area contributed by atoms with Crippen molar-refractivity contribution in [1.82, 2.24) is 5.32 Å². The van der Waals surface area contributed by atoms with Gasteiger partial charge in [0.25, 0.3) is 0 Å². The van der Waals surface area contributed by atoms with Gasteiger partial charge in [0.15, 0.2) is 0 Å². The summed E-state index contributed by atoms with van der Waals surface area (Å²) in [6.45, 7) is 3.77. The fraction of sp³-hybridized carbons (Fsp3) is 0.533. The van der Waals surface area contributed by atoms with E-state index in [0.29, 0.717) is 18.2 Å². The number of nitrogens with one attached hydrogen (secondary N) is 1. The molecule has 1 saturated heterocycles. The minimum atomic E-state index is 0.149. The third-order valence-electron chi connectivity index (χ3n) is 4.13. The largest absolute Gasteiger partial charge is 0.493 e. The summed E-state index contributed by atoms with van der Waals surface area (Å²) in [5.74, 6) is 1.42. The Balaban J connectivity index is 1.82. The Hall–Kier alpha value is -0.870. The molecule has 2 aliphatic rings. The van der Waals surface area contributed by atoms with E-state index >= 15 is 0 Å². The number of Topliss-reactive ketones (excluding diaryl/α,β-unsaturated/α-hetero) is 1. The molecule has 3 rings (SSSR count). The molecule has 0 aliphatic carbocycles. The number of hydrogen-bond donors (Lipinski definition) is 1. The minimum absolute atomic E-state index is 0.149. The van der Waals surface area contributed by atoms with E-state index in [1.54, 1.807) is 0 Å². The lowest BCUT2D eigenvalue weighted by Crippen LogP contribution is -2.29. The van der Waals surface area contributed by atoms with Crippen LogP contribution >= 0.6 is 15.9 Å². The highest BCUT2D eigenvalue weighted by molar-refractivity contribution is 9.10. The van der Waals surface area contributed by atoms with Crippen molar-refractivity contribution in [2.45, 2.75) is 32.2 Å². The lowest BCUT2D eigenvalue weighted by Gasteiger charge is -2.15. The number of rotatable bonds is 3. The van der Waals surface area contributed by atoms with Crippen molar-refractivity contribution in [2.75, 3.05) is 13.2 Å². The second kappa shape index (κ2) is 5.25. The maximum absolute atomic E-state index is 12.4. The average molecular weight is 324 g/mol. The highest BCUT2D eigenvalue weighted by Crippen LogP contribution is 2.34. The van der Waals surface area contributed by atoms with Crippen LogP contribution in [0.15, 0.2) is 16.6 Å². The van der Waals surface area contributed by atoms with Crippen LogP contribution in [0.3, 0.4) is 0 Å². The number of ether oxygens (including phenoxy) is 1. The zero-order chi connectivity index (χ0) is 13.4. The van der Waals surface area contributed by atoms with E-state index in [0.717, 1.165) is 41.8 Å². The molecule has 3 nitrogen and oxygen atoms in total. The molecule has 0 aromatic heterocycles. The predicted molar refractivity (Wildman–Crippen MR) is 77.6 cm³/mol. The molecular weight excluding hydrogens is 306 g/mol. The molecule has 0 saturated carbocycles. The zero-order valence-electron chi connectivity index (χ0n) is 11.0. The number of benzene rings is 1. The third-order valence-corrected chi connectivity index (χ3v) is 4.59. The van der Waals surface area contributed by atoms with Crippen molar-refractivity contribution < 1.29 is 9.53 Å². The molecule has 1 fully saturated rings. The molecule has 0 radical (unpaired) electrons. The van der Waals surface area contributed by atoms with Crippen LogP contribution in [0.5, 0.6) is 5.75 Å². The Morgan fingerprint density at radius 3 is 3.11 bits per heavy atom. The molecule has 102 valence electrons. The fourth-order valence-electron chi connectivity index (χ4n) is 3.09. The van der Waals surface area contributed by atoms with Gasteiger partial charge >= 0.3 is 0 Å². The zero-order valence-corrected chi connectivity index (χ0v) is 12.6. The summed E-state index contributed by atoms with van der Waals surface area (Å²) < 4.78 is 6.73. The lowest BCUT2D eigenvalue weighted by molar-refractivity contribution is -0.122. The third kappa shape index (κ3) is 2.56. The van der Waals surface area contributed by atoms with Crippen LogP contribution in [0.2, 0.25) is 0 Å². The second-order valence-electron chi connectivity index (χ2n) is 5.43. The Morgan fingerprint density at radius 2 is 2.37 bits per heavy atom. The van der Waals surface area contributed by atoms with Gasteiger partial charge in [0.05, 0.1) is 6.61 Å². The van der Waals surface area contributed by atoms with E-state index < -0.39 is 0 Å². The Morgan fingerprint density at radius 1 is 1.53 bits per heavy atom. The molecule has 2 atom stereocenters. The van der Waals surface area contributed by atoms with E-state index in [-0.39, 0.29) is 5.92 Å². The average Bonchev–Trinajstić information content (AvgIpc) is 2.97. The van der Waals surface area contributed by atoms with Gasteiger partial charge in [-0.15, -0.1) is 0 Å². The topological polar surface area (TPSA) is 38.3 Å². The summed E-state index contributed by atoms with van der Waals surface area (Å²) in [6.07, 6.45) is 2.38. The summed E-state index contributed by atoms with van der Waals surface area (Å²) in [4.78, 5) is 12.4. The van der Waals surface area contributed by atoms with Crippen molar-refractivity contribution in [3.8, 4) is 5.75 Å². The summed E-state index contributed by atoms with van der Waals surface area (Å²) in [6, 6.07) is 4.42. The molecule has 4 heteroatoms. The van der Waals surface area contributed by atoms with E-state index in [1.807, 2.05) is 6.07 Å². The van der Waals surface area contributed by atoms with Gasteiger partial charge in [-0.3, -0.25) is 4.79 Å². The molecule has 0 bridgehead atoms. The molecule has 1 aromatic rings. The minimum Gasteiger partial charge on any atom is -0.493 e. The van der Waals surface area contributed by atoms with Gasteiger partial charge in [0.1, 0.15) is 11.5 Å². The summed E-state index contributed by atoms with van der Waals surface area (Å²) >= 11 is 3.52. The predicted octanol–water partition coefficient (Wildman–Crippen LogP) is 2.49. The maximum Gasteiger partial charge on any atom is 0.142 e. The molecule has 2 heterocycles. The van der Waals surface area contributed by atoms with Gasteiger partial charge in [-0.1, -0.05) is 15.9 Å². The number of hydrogen-bond acceptors (Lipinski definition) is 3. The summed E-state index contributed by atoms with van der Waals surface area (Å²) in [7, 11) is 0. The van der Waals surface area contributed by atoms with Crippen molar-refractivity contribution in [3.63, 3.8) is 0 Å². The monoisotopic (exact) mass is 323 g/mol. The number of carbonyl (C=O) groups is 1. The molecule has 2 unspecified atom stereocenters. The van der Waals surface area contributed by atoms with Gasteiger partial charge in [0.2, 0.25) is 0 Å². The molecular formula is C15H18BrNO2. The molecule has 2 aliphatic heterocycles. The van der Waals surface area contributed by atoms with Crippen LogP contribution in [-0.2, 0) is 17.6 Å². The van der Waals surface area contributed by atoms with E-state index in [9.17, 15) is 4.79 Å². The standard InChI is InChI=1S/C15H18BrNO2/c1-9-13(2-4-17-9)14(18)8-11-7-12(16)6-10-3-5-19-15(10)11/h6-7,9,13,17H,2-5,8H2,1H3. The molecule has 0 amide bonds. The highest BCUT2D eigenvalue weighted by atomic mass is 79.9. The maximum atomic E-state index is 12.4. The van der Waals surface area contributed by atoms with Crippen LogP contribution in [0, 0.1) is 5.92 Å². The first kappa shape index (κ1) is 13.1. The summed E-state index contributed by atoms with van der Waals surface area (Å²) in [5.41, 5.74) is 2.25. The second-order valence-corrected chi connectivity index (χ2v) is 6.35. The van der Waals surface area contributed by atoms with Crippen molar-refractivity contribution >= 4 is 21.7 Å². The Kier molecular flexibility index (Phi) is 3.63. The number of carbonyl (C=O) groups excluding carboxylic acids is 1. The normalized spacial score (nSPS) is 25.2. The van der Waals surface area contributed by atoms with Crippen LogP contribution < -0.4 is 10.1 Å². The van der Waals surface area contributed by atoms with Crippen LogP contribution in [0.4, 0.5) is 0 Å². The van der Waals surface area contributed by atoms with Crippen LogP contribution in [-0.4, -0.2) is 25.0 Å². The first-order chi connectivity index (χ1) is 9.15. The quantitative estimate of drug-likeness (QED) is 0.928. The Labute approximate surface area is 121 Å². The molecule has 19 heavy (non-hydrogen) atoms. The van der Waals surface area contributed by atoms with Gasteiger partial charge < -0.3 is 10.1 Å². The molecule has 1 aromatic carbocycles. The van der Waals surface area contributed by atoms with Crippen LogP contribution in [0.25, 0.3) is 0 Å². The van der Waals surface area contributed by atoms with E-state index in [4.69, 9.17) is 4.74 Å². The Bertz CT molecular complexity index is 515. The lowest BCUT2D eigenvalue weighted by atomic mass is 9.91. The first-order valence-electron chi connectivity index (χ1n) is 6.85. The van der Waals surface area contributed by atoms with Gasteiger partial charge in [-0.25, -0.2) is 0 Å². The summed E-state index contributed by atoms with van der Waals surface area (Å²) in [5, 5.41) is 3.34. The number of fused-ring (bicyclic) bond motifs is 1. The number of halogens is 1. The van der Waals surface area contributed by atoms with Crippen molar-refractivity contribution in [1.29, 1.82) is 0 Å². The SMILES string of the molecule is CC1NCCC1C(=O)Cc1cc(Br)cc2c1OCC2. The smallest absolute Gasteiger partial charge is 0.142 e.